The molecule has 7 nitrogen and oxygen atoms in total. The van der Waals surface area contributed by atoms with Gasteiger partial charge in [0.1, 0.15) is 4.88 Å². The number of furan rings is 1. The second-order valence-electron chi connectivity index (χ2n) is 7.30. The van der Waals surface area contributed by atoms with E-state index in [2.05, 4.69) is 39.2 Å². The number of aryl methyl sites for hydroxylation is 1. The average Bonchev–Trinajstić information content (AvgIpc) is 3.49. The predicted octanol–water partition coefficient (Wildman–Crippen LogP) is 2.15. The molecule has 150 valence electrons. The van der Waals surface area contributed by atoms with Gasteiger partial charge in [0.25, 0.3) is 0 Å². The van der Waals surface area contributed by atoms with Crippen LogP contribution >= 0.6 is 11.3 Å². The van der Waals surface area contributed by atoms with Gasteiger partial charge in [0.15, 0.2) is 17.6 Å². The lowest BCUT2D eigenvalue weighted by Crippen LogP contribution is -3.15. The molecule has 1 fully saturated rings. The van der Waals surface area contributed by atoms with Gasteiger partial charge in [-0.2, -0.15) is 4.52 Å². The van der Waals surface area contributed by atoms with Gasteiger partial charge < -0.3 is 19.3 Å². The summed E-state index contributed by atoms with van der Waals surface area (Å²) in [6, 6.07) is 14.4. The van der Waals surface area contributed by atoms with E-state index in [-0.39, 0.29) is 11.9 Å². The highest BCUT2D eigenvalue weighted by molar-refractivity contribution is 7.17. The van der Waals surface area contributed by atoms with Crippen LogP contribution in [0.25, 0.3) is 4.96 Å². The molecule has 0 spiro atoms. The molecular weight excluding hydrogens is 386 g/mol. The standard InChI is InChI=1S/C21H23N5O2S/c1-2-17-22-21-26(23-17)20(27)19(29-21)18(16-9-6-14-28-16)25-12-10-24(11-13-25)15-7-4-3-5-8-15/h3-9,14,18,27H,2,10-13H2,1H3/p+1/t18-/m1/s1. The number of para-hydroxylation sites is 1. The van der Waals surface area contributed by atoms with Gasteiger partial charge in [-0.25, -0.2) is 4.98 Å². The molecule has 1 aromatic carbocycles. The first kappa shape index (κ1) is 18.2. The zero-order chi connectivity index (χ0) is 19.8. The number of anilines is 1. The number of hydrogen-bond acceptors (Lipinski definition) is 6. The molecule has 0 saturated carbocycles. The molecule has 4 heterocycles. The van der Waals surface area contributed by atoms with E-state index in [1.165, 1.54) is 21.9 Å². The van der Waals surface area contributed by atoms with E-state index in [1.54, 1.807) is 10.8 Å². The molecule has 2 N–H and O–H groups in total. The predicted molar refractivity (Wildman–Crippen MR) is 112 cm³/mol. The van der Waals surface area contributed by atoms with E-state index >= 15 is 0 Å². The van der Waals surface area contributed by atoms with Crippen LogP contribution in [0.5, 0.6) is 5.88 Å². The van der Waals surface area contributed by atoms with Crippen molar-refractivity contribution in [3.63, 3.8) is 0 Å². The summed E-state index contributed by atoms with van der Waals surface area (Å²) >= 11 is 1.50. The molecule has 1 aliphatic rings. The molecular formula is C21H24N5O2S+. The molecule has 29 heavy (non-hydrogen) atoms. The normalized spacial score (nSPS) is 16.5. The van der Waals surface area contributed by atoms with Crippen LogP contribution in [-0.4, -0.2) is 45.9 Å². The summed E-state index contributed by atoms with van der Waals surface area (Å²) < 4.78 is 7.36. The maximum Gasteiger partial charge on any atom is 0.235 e. The van der Waals surface area contributed by atoms with E-state index in [1.807, 2.05) is 25.1 Å². The molecule has 3 aromatic heterocycles. The molecule has 4 aromatic rings. The number of hydrogen-bond donors (Lipinski definition) is 2. The zero-order valence-electron chi connectivity index (χ0n) is 16.3. The monoisotopic (exact) mass is 410 g/mol. The highest BCUT2D eigenvalue weighted by Gasteiger charge is 2.36. The van der Waals surface area contributed by atoms with E-state index in [0.717, 1.165) is 54.0 Å². The Morgan fingerprint density at radius 2 is 1.97 bits per heavy atom. The summed E-state index contributed by atoms with van der Waals surface area (Å²) in [7, 11) is 0. The van der Waals surface area contributed by atoms with E-state index < -0.39 is 0 Å². The highest BCUT2D eigenvalue weighted by atomic mass is 32.1. The molecule has 1 saturated heterocycles. The third kappa shape index (κ3) is 3.28. The second kappa shape index (κ2) is 7.53. The van der Waals surface area contributed by atoms with Gasteiger partial charge in [0.2, 0.25) is 10.8 Å². The number of quaternary nitrogens is 1. The van der Waals surface area contributed by atoms with Crippen molar-refractivity contribution < 1.29 is 14.4 Å². The van der Waals surface area contributed by atoms with Gasteiger partial charge in [-0.3, -0.25) is 0 Å². The summed E-state index contributed by atoms with van der Waals surface area (Å²) in [5, 5.41) is 15.4. The molecule has 0 amide bonds. The zero-order valence-corrected chi connectivity index (χ0v) is 17.1. The molecule has 0 radical (unpaired) electrons. The number of nitrogens with one attached hydrogen (secondary N) is 1. The lowest BCUT2D eigenvalue weighted by molar-refractivity contribution is -0.926. The van der Waals surface area contributed by atoms with E-state index in [0.29, 0.717) is 0 Å². The maximum atomic E-state index is 10.9. The van der Waals surface area contributed by atoms with Crippen molar-refractivity contribution >= 4 is 22.0 Å². The fourth-order valence-electron chi connectivity index (χ4n) is 4.08. The molecule has 8 heteroatoms. The minimum Gasteiger partial charge on any atom is -0.492 e. The lowest BCUT2D eigenvalue weighted by atomic mass is 10.1. The van der Waals surface area contributed by atoms with Crippen molar-refractivity contribution in [3.05, 3.63) is 65.2 Å². The third-order valence-corrected chi connectivity index (χ3v) is 6.67. The highest BCUT2D eigenvalue weighted by Crippen LogP contribution is 2.35. The smallest absolute Gasteiger partial charge is 0.235 e. The quantitative estimate of drug-likeness (QED) is 0.528. The van der Waals surface area contributed by atoms with Crippen molar-refractivity contribution in [2.24, 2.45) is 0 Å². The van der Waals surface area contributed by atoms with E-state index in [4.69, 9.17) is 4.42 Å². The Morgan fingerprint density at radius 1 is 1.17 bits per heavy atom. The van der Waals surface area contributed by atoms with Crippen LogP contribution in [0.4, 0.5) is 5.69 Å². The number of aromatic hydroxyl groups is 1. The number of piperazine rings is 1. The number of benzene rings is 1. The van der Waals surface area contributed by atoms with Crippen LogP contribution in [0.3, 0.4) is 0 Å². The fraction of sp³-hybridized carbons (Fsp3) is 0.333. The molecule has 0 unspecified atom stereocenters. The van der Waals surface area contributed by atoms with Crippen molar-refractivity contribution in [1.29, 1.82) is 0 Å². The summed E-state index contributed by atoms with van der Waals surface area (Å²) in [4.78, 5) is 9.92. The minimum absolute atomic E-state index is 0.0681. The molecule has 0 aliphatic carbocycles. The van der Waals surface area contributed by atoms with Crippen LogP contribution in [0.1, 0.15) is 29.4 Å². The SMILES string of the molecule is CCc1nc2sc([C@@H](c3ccco3)[NH+]3CCN(c4ccccc4)CC3)c(O)n2n1. The van der Waals surface area contributed by atoms with Crippen molar-refractivity contribution in [1.82, 2.24) is 14.6 Å². The molecule has 1 aliphatic heterocycles. The second-order valence-corrected chi connectivity index (χ2v) is 8.30. The van der Waals surface area contributed by atoms with Crippen molar-refractivity contribution in [3.8, 4) is 5.88 Å². The number of thiazole rings is 1. The minimum atomic E-state index is -0.0681. The third-order valence-electron chi connectivity index (χ3n) is 5.58. The average molecular weight is 411 g/mol. The molecule has 5 rings (SSSR count). The van der Waals surface area contributed by atoms with Crippen LogP contribution < -0.4 is 9.80 Å². The van der Waals surface area contributed by atoms with Crippen LogP contribution in [0, 0.1) is 0 Å². The van der Waals surface area contributed by atoms with Gasteiger partial charge in [0.05, 0.1) is 32.4 Å². The number of aromatic nitrogens is 3. The molecule has 1 atom stereocenters. The van der Waals surface area contributed by atoms with Crippen LogP contribution in [-0.2, 0) is 6.42 Å². The summed E-state index contributed by atoms with van der Waals surface area (Å²) in [5.41, 5.74) is 1.26. The summed E-state index contributed by atoms with van der Waals surface area (Å²) in [6.45, 7) is 5.83. The van der Waals surface area contributed by atoms with Crippen molar-refractivity contribution in [2.45, 2.75) is 19.4 Å². The fourth-order valence-corrected chi connectivity index (χ4v) is 5.22. The largest absolute Gasteiger partial charge is 0.492 e. The first-order chi connectivity index (χ1) is 14.2. The molecule has 0 bridgehead atoms. The van der Waals surface area contributed by atoms with Gasteiger partial charge in [-0.05, 0) is 24.3 Å². The first-order valence-electron chi connectivity index (χ1n) is 10.00. The van der Waals surface area contributed by atoms with E-state index in [9.17, 15) is 5.11 Å². The maximum absolute atomic E-state index is 10.9. The Hall–Kier alpha value is -2.84. The Balaban J connectivity index is 1.45. The Morgan fingerprint density at radius 3 is 2.62 bits per heavy atom. The van der Waals surface area contributed by atoms with Gasteiger partial charge in [0, 0.05) is 12.1 Å². The lowest BCUT2D eigenvalue weighted by Gasteiger charge is -2.36. The van der Waals surface area contributed by atoms with Gasteiger partial charge in [-0.15, -0.1) is 5.10 Å². The Kier molecular flexibility index (Phi) is 4.73. The van der Waals surface area contributed by atoms with Crippen LogP contribution in [0.2, 0.25) is 0 Å². The number of fused-ring (bicyclic) bond motifs is 1. The van der Waals surface area contributed by atoms with Gasteiger partial charge >= 0.3 is 0 Å². The Labute approximate surface area is 172 Å². The first-order valence-corrected chi connectivity index (χ1v) is 10.8. The van der Waals surface area contributed by atoms with Crippen molar-refractivity contribution in [2.75, 3.05) is 31.1 Å². The Bertz CT molecular complexity index is 1080. The summed E-state index contributed by atoms with van der Waals surface area (Å²) in [5.74, 6) is 1.79. The topological polar surface area (TPSA) is 71.2 Å². The van der Waals surface area contributed by atoms with Crippen LogP contribution in [0.15, 0.2) is 53.1 Å². The van der Waals surface area contributed by atoms with Gasteiger partial charge in [-0.1, -0.05) is 36.5 Å². The number of rotatable bonds is 5. The number of nitrogens with zero attached hydrogens (tertiary/aromatic N) is 4. The summed E-state index contributed by atoms with van der Waals surface area (Å²) in [6.07, 6.45) is 2.45.